The summed E-state index contributed by atoms with van der Waals surface area (Å²) in [6.45, 7) is 1.74. The van der Waals surface area contributed by atoms with Crippen molar-refractivity contribution in [1.29, 1.82) is 0 Å². The van der Waals surface area contributed by atoms with Gasteiger partial charge in [-0.3, -0.25) is 0 Å². The van der Waals surface area contributed by atoms with Gasteiger partial charge in [0.2, 0.25) is 0 Å². The average molecular weight is 278 g/mol. The molecule has 0 aliphatic rings. The Morgan fingerprint density at radius 1 is 0.952 bits per heavy atom. The lowest BCUT2D eigenvalue weighted by molar-refractivity contribution is 0.0692. The lowest BCUT2D eigenvalue weighted by Crippen LogP contribution is -1.99. The van der Waals surface area contributed by atoms with Crippen LogP contribution in [0.3, 0.4) is 0 Å². The predicted molar refractivity (Wildman–Crippen MR) is 81.2 cm³/mol. The highest BCUT2D eigenvalue weighted by Crippen LogP contribution is 2.26. The van der Waals surface area contributed by atoms with E-state index in [1.165, 1.54) is 0 Å². The number of nitrogens with zero attached hydrogens (tertiary/aromatic N) is 1. The van der Waals surface area contributed by atoms with Crippen molar-refractivity contribution in [2.24, 2.45) is 0 Å². The molecule has 4 nitrogen and oxygen atoms in total. The van der Waals surface area contributed by atoms with E-state index in [9.17, 15) is 9.90 Å². The molecule has 0 saturated carbocycles. The third-order valence-electron chi connectivity index (χ3n) is 3.30. The summed E-state index contributed by atoms with van der Waals surface area (Å²) in [4.78, 5) is 18.3. The van der Waals surface area contributed by atoms with Crippen molar-refractivity contribution >= 4 is 5.97 Å². The van der Waals surface area contributed by atoms with Crippen LogP contribution in [0.2, 0.25) is 0 Å². The summed E-state index contributed by atoms with van der Waals surface area (Å²) < 4.78 is 0. The third-order valence-corrected chi connectivity index (χ3v) is 3.30. The lowest BCUT2D eigenvalue weighted by atomic mass is 10.0. The fourth-order valence-corrected chi connectivity index (χ4v) is 2.31. The molecule has 1 aromatic heterocycles. The Kier molecular flexibility index (Phi) is 3.28. The molecule has 0 saturated heterocycles. The second kappa shape index (κ2) is 5.25. The van der Waals surface area contributed by atoms with E-state index in [2.05, 4.69) is 9.97 Å². The molecule has 0 unspecified atom stereocenters. The molecule has 2 aromatic carbocycles. The molecule has 21 heavy (non-hydrogen) atoms. The fourth-order valence-electron chi connectivity index (χ4n) is 2.31. The molecular formula is C17H14N2O2. The number of hydrogen-bond acceptors (Lipinski definition) is 2. The number of aromatic nitrogens is 2. The number of carboxylic acids is 1. The highest BCUT2D eigenvalue weighted by atomic mass is 16.4. The van der Waals surface area contributed by atoms with Crippen molar-refractivity contribution in [1.82, 2.24) is 9.97 Å². The summed E-state index contributed by atoms with van der Waals surface area (Å²) in [5, 5.41) is 9.20. The summed E-state index contributed by atoms with van der Waals surface area (Å²) in [6.07, 6.45) is 0. The van der Waals surface area contributed by atoms with Gasteiger partial charge in [0.05, 0.1) is 0 Å². The lowest BCUT2D eigenvalue weighted by Gasteiger charge is -2.03. The van der Waals surface area contributed by atoms with Crippen LogP contribution in [0.4, 0.5) is 0 Å². The number of hydrogen-bond donors (Lipinski definition) is 2. The highest BCUT2D eigenvalue weighted by Gasteiger charge is 2.16. The van der Waals surface area contributed by atoms with Gasteiger partial charge < -0.3 is 10.1 Å². The van der Waals surface area contributed by atoms with Crippen molar-refractivity contribution in [2.75, 3.05) is 0 Å². The Morgan fingerprint density at radius 2 is 1.52 bits per heavy atom. The van der Waals surface area contributed by atoms with Crippen LogP contribution in [0.1, 0.15) is 16.3 Å². The highest BCUT2D eigenvalue weighted by molar-refractivity contribution is 5.93. The first kappa shape index (κ1) is 13.1. The number of benzene rings is 2. The van der Waals surface area contributed by atoms with Gasteiger partial charge >= 0.3 is 5.97 Å². The van der Waals surface area contributed by atoms with Crippen molar-refractivity contribution in [3.8, 4) is 22.4 Å². The van der Waals surface area contributed by atoms with Crippen molar-refractivity contribution < 1.29 is 9.90 Å². The molecule has 2 N–H and O–H groups in total. The SMILES string of the molecule is Cc1nc(-c2ccc(-c3ccccc3)cc2)c(C(=O)O)[nH]1. The Hall–Kier alpha value is -2.88. The quantitative estimate of drug-likeness (QED) is 0.766. The van der Waals surface area contributed by atoms with Gasteiger partial charge in [-0.1, -0.05) is 54.6 Å². The van der Waals surface area contributed by atoms with E-state index in [-0.39, 0.29) is 5.69 Å². The standard InChI is InChI=1S/C17H14N2O2/c1-11-18-15(16(19-11)17(20)21)14-9-7-13(8-10-14)12-5-3-2-4-6-12/h2-10H,1H3,(H,18,19)(H,20,21). The van der Waals surface area contributed by atoms with Crippen LogP contribution >= 0.6 is 0 Å². The fraction of sp³-hybridized carbons (Fsp3) is 0.0588. The topological polar surface area (TPSA) is 66.0 Å². The largest absolute Gasteiger partial charge is 0.477 e. The van der Waals surface area contributed by atoms with E-state index in [0.717, 1.165) is 16.7 Å². The minimum atomic E-state index is -1.00. The molecule has 0 aliphatic carbocycles. The van der Waals surface area contributed by atoms with Gasteiger partial charge in [-0.15, -0.1) is 0 Å². The van der Waals surface area contributed by atoms with Gasteiger partial charge in [0.1, 0.15) is 11.5 Å². The van der Waals surface area contributed by atoms with Gasteiger partial charge in [-0.25, -0.2) is 9.78 Å². The van der Waals surface area contributed by atoms with Crippen LogP contribution in [0.15, 0.2) is 54.6 Å². The van der Waals surface area contributed by atoms with Crippen LogP contribution in [0, 0.1) is 6.92 Å². The number of carbonyl (C=O) groups is 1. The molecule has 0 bridgehead atoms. The second-order valence-electron chi connectivity index (χ2n) is 4.79. The minimum absolute atomic E-state index is 0.125. The molecule has 0 aliphatic heterocycles. The van der Waals surface area contributed by atoms with E-state index < -0.39 is 5.97 Å². The number of H-pyrrole nitrogens is 1. The molecule has 3 aromatic rings. The van der Waals surface area contributed by atoms with E-state index >= 15 is 0 Å². The zero-order chi connectivity index (χ0) is 14.8. The maximum absolute atomic E-state index is 11.2. The van der Waals surface area contributed by atoms with Crippen molar-refractivity contribution in [2.45, 2.75) is 6.92 Å². The van der Waals surface area contributed by atoms with Crippen molar-refractivity contribution in [3.63, 3.8) is 0 Å². The zero-order valence-corrected chi connectivity index (χ0v) is 11.5. The normalized spacial score (nSPS) is 10.5. The molecule has 3 rings (SSSR count). The summed E-state index contributed by atoms with van der Waals surface area (Å²) >= 11 is 0. The summed E-state index contributed by atoms with van der Waals surface area (Å²) in [6, 6.07) is 17.8. The molecular weight excluding hydrogens is 264 g/mol. The van der Waals surface area contributed by atoms with Crippen LogP contribution < -0.4 is 0 Å². The summed E-state index contributed by atoms with van der Waals surface area (Å²) in [5.41, 5.74) is 3.60. The Bertz CT molecular complexity index is 774. The molecule has 0 amide bonds. The van der Waals surface area contributed by atoms with Crippen LogP contribution in [0.25, 0.3) is 22.4 Å². The number of nitrogens with one attached hydrogen (secondary N) is 1. The maximum Gasteiger partial charge on any atom is 0.354 e. The summed E-state index contributed by atoms with van der Waals surface area (Å²) in [7, 11) is 0. The van der Waals surface area contributed by atoms with Gasteiger partial charge in [0.25, 0.3) is 0 Å². The third kappa shape index (κ3) is 2.56. The van der Waals surface area contributed by atoms with Crippen LogP contribution in [0.5, 0.6) is 0 Å². The van der Waals surface area contributed by atoms with Crippen LogP contribution in [-0.2, 0) is 0 Å². The summed E-state index contributed by atoms with van der Waals surface area (Å²) in [5.74, 6) is -0.410. The number of carboxylic acid groups (broad SMARTS) is 1. The number of imidazole rings is 1. The average Bonchev–Trinajstić information content (AvgIpc) is 2.91. The Labute approximate surface area is 122 Å². The minimum Gasteiger partial charge on any atom is -0.477 e. The molecule has 0 fully saturated rings. The first-order valence-corrected chi connectivity index (χ1v) is 6.61. The first-order valence-electron chi connectivity index (χ1n) is 6.61. The molecule has 104 valence electrons. The number of aromatic amines is 1. The van der Waals surface area contributed by atoms with E-state index in [1.54, 1.807) is 6.92 Å². The van der Waals surface area contributed by atoms with Crippen LogP contribution in [-0.4, -0.2) is 21.0 Å². The molecule has 0 spiro atoms. The Morgan fingerprint density at radius 3 is 2.14 bits per heavy atom. The van der Waals surface area contributed by atoms with Gasteiger partial charge in [-0.05, 0) is 18.1 Å². The monoisotopic (exact) mass is 278 g/mol. The second-order valence-corrected chi connectivity index (χ2v) is 4.79. The van der Waals surface area contributed by atoms with E-state index in [1.807, 2.05) is 54.6 Å². The Balaban J connectivity index is 2.00. The van der Waals surface area contributed by atoms with Gasteiger partial charge in [0, 0.05) is 5.56 Å². The predicted octanol–water partition coefficient (Wildman–Crippen LogP) is 3.75. The molecule has 0 atom stereocenters. The zero-order valence-electron chi connectivity index (χ0n) is 11.5. The smallest absolute Gasteiger partial charge is 0.354 e. The van der Waals surface area contributed by atoms with Gasteiger partial charge in [0.15, 0.2) is 5.69 Å². The number of rotatable bonds is 3. The van der Waals surface area contributed by atoms with E-state index in [0.29, 0.717) is 11.5 Å². The number of aromatic carboxylic acids is 1. The molecule has 4 heteroatoms. The molecule has 1 heterocycles. The first-order chi connectivity index (χ1) is 10.1. The van der Waals surface area contributed by atoms with Crippen molar-refractivity contribution in [3.05, 3.63) is 66.1 Å². The number of aryl methyl sites for hydroxylation is 1. The van der Waals surface area contributed by atoms with E-state index in [4.69, 9.17) is 0 Å². The van der Waals surface area contributed by atoms with Gasteiger partial charge in [-0.2, -0.15) is 0 Å². The molecule has 0 radical (unpaired) electrons. The maximum atomic E-state index is 11.2.